The Bertz CT molecular complexity index is 5210. The molecule has 20 aromatic carbocycles. The van der Waals surface area contributed by atoms with Crippen molar-refractivity contribution in [2.45, 2.75) is 0 Å². The molecule has 0 N–H and O–H groups in total. The van der Waals surface area contributed by atoms with Crippen LogP contribution in [0, 0.1) is 0 Å². The number of rotatable bonds is 24. The van der Waals surface area contributed by atoms with E-state index in [4.69, 9.17) is 46.4 Å². The molecular weight excluding hydrogens is 2840 g/mol. The maximum atomic E-state index is 5.60. The van der Waals surface area contributed by atoms with E-state index in [0.29, 0.717) is 0 Å². The molecule has 0 spiro atoms. The third-order valence-corrected chi connectivity index (χ3v) is 53.7. The van der Waals surface area contributed by atoms with Crippen molar-refractivity contribution in [3.63, 3.8) is 0 Å². The normalized spacial score (nSPS) is 10.2. The van der Waals surface area contributed by atoms with Gasteiger partial charge in [0, 0.05) is 44.8 Å². The van der Waals surface area contributed by atoms with Gasteiger partial charge in [-0.3, -0.25) is 0 Å². The maximum Gasteiger partial charge on any atom is 1.00 e. The zero-order chi connectivity index (χ0) is 97.2. The minimum Gasteiger partial charge on any atom is -0.0620 e. The van der Waals surface area contributed by atoms with Crippen LogP contribution < -0.4 is 103 Å². The molecule has 0 aliphatic heterocycles. The molecule has 0 amide bonds. The van der Waals surface area contributed by atoms with Crippen LogP contribution in [0.15, 0.2) is 582 Å². The Balaban J connectivity index is 0.000000236. The van der Waals surface area contributed by atoms with E-state index in [2.05, 4.69) is 549 Å². The van der Waals surface area contributed by atoms with E-state index in [1.54, 1.807) is 0 Å². The Morgan fingerprint density at radius 1 is 0.116 bits per heavy atom. The molecule has 0 nitrogen and oxygen atoms in total. The van der Waals surface area contributed by atoms with Crippen molar-refractivity contribution >= 4 is 277 Å². The van der Waals surface area contributed by atoms with Crippen molar-refractivity contribution in [2.75, 3.05) is 23.6 Å². The average molecular weight is 2950 g/mol. The zero-order valence-electron chi connectivity index (χ0n) is 79.2. The van der Waals surface area contributed by atoms with Gasteiger partial charge >= 0.3 is 335 Å². The van der Waals surface area contributed by atoms with Crippen molar-refractivity contribution < 1.29 is 134 Å². The second-order valence-electron chi connectivity index (χ2n) is 32.2. The molecule has 0 saturated heterocycles. The van der Waals surface area contributed by atoms with Crippen molar-refractivity contribution in [1.82, 2.24) is 0 Å². The molecular formula is C124H112Ag6Cl4P8Se4+12. The first-order valence-electron chi connectivity index (χ1n) is 46.3. The summed E-state index contributed by atoms with van der Waals surface area (Å²) in [6.07, 6.45) is 0. The van der Waals surface area contributed by atoms with Crippen molar-refractivity contribution in [1.29, 1.82) is 0 Å². The van der Waals surface area contributed by atoms with Gasteiger partial charge in [-0.15, -0.1) is 0 Å². The molecule has 0 saturated carbocycles. The Kier molecular flexibility index (Phi) is 65.6. The van der Waals surface area contributed by atoms with Gasteiger partial charge in [0.15, 0.2) is 23.6 Å². The van der Waals surface area contributed by atoms with Gasteiger partial charge in [-0.2, -0.15) is 0 Å². The fourth-order valence-corrected chi connectivity index (χ4v) is 48.2. The van der Waals surface area contributed by atoms with E-state index in [0.717, 1.165) is 37.9 Å². The van der Waals surface area contributed by atoms with Crippen LogP contribution in [-0.4, -0.2) is 87.7 Å². The van der Waals surface area contributed by atoms with Gasteiger partial charge in [0.2, 0.25) is 0 Å². The van der Waals surface area contributed by atoms with E-state index >= 15 is 0 Å². The summed E-state index contributed by atoms with van der Waals surface area (Å²) in [4.78, 5) is 0. The smallest absolute Gasteiger partial charge is 0.0620 e. The van der Waals surface area contributed by atoms with Crippen molar-refractivity contribution in [2.24, 2.45) is 0 Å². The van der Waals surface area contributed by atoms with E-state index < -0.39 is 63.4 Å². The van der Waals surface area contributed by atoms with E-state index in [1.807, 2.05) is 97.1 Å². The zero-order valence-corrected chi connectivity index (χ0v) is 106. The second kappa shape index (κ2) is 74.6. The Morgan fingerprint density at radius 3 is 0.247 bits per heavy atom. The molecule has 0 unspecified atom stereocenters. The van der Waals surface area contributed by atoms with Crippen LogP contribution in [0.25, 0.3) is 0 Å². The molecule has 20 rings (SSSR count). The Labute approximate surface area is 1020 Å². The van der Waals surface area contributed by atoms with Crippen LogP contribution >= 0.6 is 110 Å². The largest absolute Gasteiger partial charge is 1.00 e. The van der Waals surface area contributed by atoms with E-state index in [1.165, 1.54) is 108 Å². The first-order valence-corrected chi connectivity index (χ1v) is 64.9. The predicted molar refractivity (Wildman–Crippen MR) is 651 cm³/mol. The third kappa shape index (κ3) is 45.1. The number of hydrogen-bond acceptors (Lipinski definition) is 0. The van der Waals surface area contributed by atoms with Gasteiger partial charge < -0.3 is 0 Å². The van der Waals surface area contributed by atoms with Crippen LogP contribution in [0.2, 0.25) is 20.1 Å². The summed E-state index contributed by atoms with van der Waals surface area (Å²) >= 11 is 33.9. The van der Waals surface area contributed by atoms with Crippen molar-refractivity contribution in [3.05, 3.63) is 602 Å². The summed E-state index contributed by atoms with van der Waals surface area (Å²) in [5.41, 5.74) is 0. The number of benzene rings is 20. The molecule has 0 fully saturated rings. The van der Waals surface area contributed by atoms with E-state index in [9.17, 15) is 0 Å². The van der Waals surface area contributed by atoms with Crippen LogP contribution in [-0.2, 0) is 134 Å². The van der Waals surface area contributed by atoms with Crippen LogP contribution in [0.3, 0.4) is 0 Å². The first kappa shape index (κ1) is 128. The molecule has 0 aliphatic rings. The molecule has 754 valence electrons. The number of halogens is 4. The molecule has 0 aliphatic carbocycles. The van der Waals surface area contributed by atoms with Gasteiger partial charge in [0.05, 0.1) is 0 Å². The minimum atomic E-state index is -0.847. The molecule has 22 heteroatoms. The summed E-state index contributed by atoms with van der Waals surface area (Å²) in [6.45, 7) is 0. The van der Waals surface area contributed by atoms with Gasteiger partial charge in [-0.05, 0) is 194 Å². The molecule has 146 heavy (non-hydrogen) atoms. The summed E-state index contributed by atoms with van der Waals surface area (Å²) in [7, 11) is -6.78. The van der Waals surface area contributed by atoms with Gasteiger partial charge in [0.1, 0.15) is 148 Å². The Hall–Kier alpha value is -4.48. The van der Waals surface area contributed by atoms with Gasteiger partial charge in [0.25, 0.3) is 0 Å². The summed E-state index contributed by atoms with van der Waals surface area (Å²) in [5, 5.41) is 27.2. The molecule has 6 radical (unpaired) electrons. The summed E-state index contributed by atoms with van der Waals surface area (Å²) < 4.78 is 4.48. The molecule has 0 atom stereocenters. The SMILES string of the molecule is Clc1ccc([Se])cc1.Clc1ccc([Se])cc1.Clc1ccc([Se])cc1.Clc1ccc([Se])cc1.[Ag+].[Ag+].[Ag+].[Ag+].[Ag].[Ag].c1ccc([PH+](C[PH+](c2ccccc2)c2ccccc2)c2ccccc2)cc1.c1ccc([PH+](C[PH+](c2ccccc2)c2ccccc2)c2ccccc2)cc1.c1ccc([PH+](C[PH+](c2ccccc2)c2ccccc2)c2ccccc2)cc1.c1ccc([PH+](C[PH+](c2ccccc2)c2ccccc2)c2ccccc2)cc1. The van der Waals surface area contributed by atoms with Crippen molar-refractivity contribution in [3.8, 4) is 0 Å². The standard InChI is InChI=1S/4C25H22P2.4C6H4ClSe.6Ag/c4*1-5-13-22(14-6-1)26(23-15-7-2-8-16-23)21-27(24-17-9-3-10-18-24)25-19-11-4-12-20-25;4*7-5-1-3-6(8)4-2-5;;;;;;/h4*1-20H,21H2;4*1-4H;;;;;;/q;;;;;;;;;;4*+1/p+8. The molecule has 0 bridgehead atoms. The van der Waals surface area contributed by atoms with Crippen LogP contribution in [0.5, 0.6) is 0 Å². The first-order chi connectivity index (χ1) is 68.8. The topological polar surface area (TPSA) is 0 Å². The van der Waals surface area contributed by atoms with E-state index in [-0.39, 0.29) is 134 Å². The summed E-state index contributed by atoms with van der Waals surface area (Å²) in [5.74, 6) is 4.99. The fourth-order valence-electron chi connectivity index (χ4n) is 15.6. The Morgan fingerprint density at radius 2 is 0.185 bits per heavy atom. The van der Waals surface area contributed by atoms with Crippen LogP contribution in [0.1, 0.15) is 0 Å². The van der Waals surface area contributed by atoms with Crippen LogP contribution in [0.4, 0.5) is 0 Å². The second-order valence-corrected chi connectivity index (χ2v) is 60.5. The number of hydrogen-bond donors (Lipinski definition) is 0. The minimum absolute atomic E-state index is 0. The monoisotopic (exact) mass is 2950 g/mol. The van der Waals surface area contributed by atoms with Gasteiger partial charge in [-0.25, -0.2) is 0 Å². The quantitative estimate of drug-likeness (QED) is 0.0418. The molecule has 0 aromatic heterocycles. The molecule has 0 heterocycles. The third-order valence-electron chi connectivity index (χ3n) is 22.6. The summed E-state index contributed by atoms with van der Waals surface area (Å²) in [6, 6.07) is 208. The average Bonchev–Trinajstić information content (AvgIpc) is 0.824. The maximum absolute atomic E-state index is 5.60. The predicted octanol–water partition coefficient (Wildman–Crippen LogP) is 23.2. The van der Waals surface area contributed by atoms with Gasteiger partial charge in [-0.1, -0.05) is 291 Å². The fraction of sp³-hybridized carbons (Fsp3) is 0.0323. The molecule has 20 aromatic rings.